The molecule has 0 aliphatic heterocycles. The molecule has 7 nitrogen and oxygen atoms in total. The van der Waals surface area contributed by atoms with Crippen molar-refractivity contribution in [2.75, 3.05) is 19.8 Å². The number of carbonyl (C=O) groups is 3. The second kappa shape index (κ2) is 24.2. The van der Waals surface area contributed by atoms with Crippen LogP contribution < -0.4 is 5.32 Å². The molecule has 34 heavy (non-hydrogen) atoms. The van der Waals surface area contributed by atoms with Crippen LogP contribution in [0.2, 0.25) is 0 Å². The van der Waals surface area contributed by atoms with Crippen molar-refractivity contribution in [3.63, 3.8) is 0 Å². The average molecular weight is 484 g/mol. The molecule has 0 aromatic rings. The summed E-state index contributed by atoms with van der Waals surface area (Å²) in [7, 11) is 0. The Morgan fingerprint density at radius 2 is 1.35 bits per heavy atom. The van der Waals surface area contributed by atoms with E-state index in [4.69, 9.17) is 14.6 Å². The van der Waals surface area contributed by atoms with Gasteiger partial charge in [-0.15, -0.1) is 0 Å². The average Bonchev–Trinajstić information content (AvgIpc) is 2.82. The molecule has 0 aliphatic carbocycles. The summed E-state index contributed by atoms with van der Waals surface area (Å²) in [4.78, 5) is 34.8. The maximum atomic E-state index is 11.8. The Morgan fingerprint density at radius 1 is 0.794 bits per heavy atom. The van der Waals surface area contributed by atoms with Crippen molar-refractivity contribution < 1.29 is 29.0 Å². The van der Waals surface area contributed by atoms with E-state index in [0.29, 0.717) is 6.42 Å². The molecule has 1 unspecified atom stereocenters. The Labute approximate surface area is 207 Å². The number of aliphatic hydroxyl groups is 1. The normalized spacial score (nSPS) is 12.0. The molecule has 0 rings (SSSR count). The lowest BCUT2D eigenvalue weighted by Gasteiger charge is -2.10. The number of esters is 2. The minimum Gasteiger partial charge on any atom is -0.464 e. The Kier molecular flexibility index (Phi) is 22.9. The molecule has 0 heterocycles. The zero-order chi connectivity index (χ0) is 25.3. The number of allylic oxidation sites excluding steroid dienone is 2. The fraction of sp³-hybridized carbons (Fsp3) is 0.815. The van der Waals surface area contributed by atoms with Gasteiger partial charge < -0.3 is 19.9 Å². The lowest BCUT2D eigenvalue weighted by Crippen LogP contribution is -2.28. The van der Waals surface area contributed by atoms with Crippen LogP contribution in [-0.2, 0) is 23.9 Å². The van der Waals surface area contributed by atoms with Gasteiger partial charge in [-0.05, 0) is 39.0 Å². The van der Waals surface area contributed by atoms with Crippen molar-refractivity contribution in [1.82, 2.24) is 5.32 Å². The minimum atomic E-state index is -0.583. The standard InChI is InChI=1S/C27H49NO6/c1-3-4-5-6-7-8-9-10-11-12-13-14-15-16-17-18-25(30)28-21-22-33-26(31)19-20-27(32)34-24(2)23-29/h10-11,24,29H,3-9,12-23H2,1-2H3,(H,28,30)/b11-10-. The van der Waals surface area contributed by atoms with Gasteiger partial charge >= 0.3 is 11.9 Å². The monoisotopic (exact) mass is 483 g/mol. The molecule has 1 atom stereocenters. The highest BCUT2D eigenvalue weighted by Gasteiger charge is 2.12. The molecule has 2 N–H and O–H groups in total. The van der Waals surface area contributed by atoms with Gasteiger partial charge in [-0.1, -0.05) is 70.4 Å². The lowest BCUT2D eigenvalue weighted by atomic mass is 10.1. The van der Waals surface area contributed by atoms with Crippen molar-refractivity contribution >= 4 is 17.8 Å². The molecular weight excluding hydrogens is 434 g/mol. The maximum Gasteiger partial charge on any atom is 0.306 e. The van der Waals surface area contributed by atoms with E-state index in [1.54, 1.807) is 6.92 Å². The summed E-state index contributed by atoms with van der Waals surface area (Å²) in [5.41, 5.74) is 0. The zero-order valence-corrected chi connectivity index (χ0v) is 21.7. The van der Waals surface area contributed by atoms with Crippen molar-refractivity contribution in [2.45, 2.75) is 123 Å². The van der Waals surface area contributed by atoms with Crippen LogP contribution in [0.1, 0.15) is 117 Å². The van der Waals surface area contributed by atoms with E-state index in [2.05, 4.69) is 24.4 Å². The smallest absolute Gasteiger partial charge is 0.306 e. The second-order valence-corrected chi connectivity index (χ2v) is 8.89. The maximum absolute atomic E-state index is 11.8. The van der Waals surface area contributed by atoms with Gasteiger partial charge in [-0.25, -0.2) is 0 Å². The number of nitrogens with one attached hydrogen (secondary N) is 1. The zero-order valence-electron chi connectivity index (χ0n) is 21.7. The van der Waals surface area contributed by atoms with E-state index >= 15 is 0 Å². The lowest BCUT2D eigenvalue weighted by molar-refractivity contribution is -0.154. The number of ether oxygens (including phenoxy) is 2. The minimum absolute atomic E-state index is 0.0322. The molecule has 0 spiro atoms. The molecule has 0 saturated heterocycles. The first-order chi connectivity index (χ1) is 16.5. The Morgan fingerprint density at radius 3 is 1.97 bits per heavy atom. The van der Waals surface area contributed by atoms with Gasteiger partial charge in [0, 0.05) is 6.42 Å². The predicted octanol–water partition coefficient (Wildman–Crippen LogP) is 5.39. The molecule has 0 fully saturated rings. The van der Waals surface area contributed by atoms with Crippen molar-refractivity contribution in [3.05, 3.63) is 12.2 Å². The molecule has 0 bridgehead atoms. The molecular formula is C27H49NO6. The van der Waals surface area contributed by atoms with Crippen LogP contribution in [0, 0.1) is 0 Å². The molecule has 1 amide bonds. The summed E-state index contributed by atoms with van der Waals surface area (Å²) in [6.07, 6.45) is 20.3. The number of unbranched alkanes of at least 4 members (excludes halogenated alkanes) is 11. The molecule has 0 aromatic heterocycles. The van der Waals surface area contributed by atoms with Gasteiger partial charge in [0.15, 0.2) is 0 Å². The number of hydrogen-bond donors (Lipinski definition) is 2. The molecule has 0 radical (unpaired) electrons. The first-order valence-corrected chi connectivity index (χ1v) is 13.4. The van der Waals surface area contributed by atoms with E-state index in [9.17, 15) is 14.4 Å². The summed E-state index contributed by atoms with van der Waals surface area (Å²) < 4.78 is 9.84. The predicted molar refractivity (Wildman–Crippen MR) is 135 cm³/mol. The van der Waals surface area contributed by atoms with Gasteiger partial charge in [0.05, 0.1) is 26.0 Å². The summed E-state index contributed by atoms with van der Waals surface area (Å²) in [5, 5.41) is 11.5. The van der Waals surface area contributed by atoms with Crippen molar-refractivity contribution in [2.24, 2.45) is 0 Å². The third-order valence-electron chi connectivity index (χ3n) is 5.48. The highest BCUT2D eigenvalue weighted by molar-refractivity contribution is 5.78. The van der Waals surface area contributed by atoms with Gasteiger partial charge in [-0.2, -0.15) is 0 Å². The van der Waals surface area contributed by atoms with Crippen LogP contribution >= 0.6 is 0 Å². The number of hydrogen-bond acceptors (Lipinski definition) is 6. The van der Waals surface area contributed by atoms with Gasteiger partial charge in [0.25, 0.3) is 0 Å². The first-order valence-electron chi connectivity index (χ1n) is 13.4. The summed E-state index contributed by atoms with van der Waals surface area (Å²) in [6.45, 7) is 3.91. The van der Waals surface area contributed by atoms with Gasteiger partial charge in [-0.3, -0.25) is 14.4 Å². The highest BCUT2D eigenvalue weighted by Crippen LogP contribution is 2.10. The topological polar surface area (TPSA) is 102 Å². The first kappa shape index (κ1) is 32.1. The largest absolute Gasteiger partial charge is 0.464 e. The Balaban J connectivity index is 3.43. The number of carbonyl (C=O) groups excluding carboxylic acids is 3. The van der Waals surface area contributed by atoms with E-state index in [-0.39, 0.29) is 38.5 Å². The number of rotatable bonds is 23. The second-order valence-electron chi connectivity index (χ2n) is 8.89. The fourth-order valence-corrected chi connectivity index (χ4v) is 3.40. The van der Waals surface area contributed by atoms with Gasteiger partial charge in [0.2, 0.25) is 5.91 Å². The van der Waals surface area contributed by atoms with Crippen LogP contribution in [0.25, 0.3) is 0 Å². The molecule has 7 heteroatoms. The van der Waals surface area contributed by atoms with Crippen LogP contribution in [0.3, 0.4) is 0 Å². The van der Waals surface area contributed by atoms with Crippen LogP contribution in [0.15, 0.2) is 12.2 Å². The van der Waals surface area contributed by atoms with Crippen LogP contribution in [0.5, 0.6) is 0 Å². The molecule has 0 aliphatic rings. The van der Waals surface area contributed by atoms with E-state index in [1.807, 2.05) is 0 Å². The molecule has 198 valence electrons. The highest BCUT2D eigenvalue weighted by atomic mass is 16.6. The summed E-state index contributed by atoms with van der Waals surface area (Å²) in [5.74, 6) is -1.10. The third-order valence-corrected chi connectivity index (χ3v) is 5.48. The van der Waals surface area contributed by atoms with Crippen molar-refractivity contribution in [1.29, 1.82) is 0 Å². The number of amides is 1. The molecule has 0 saturated carbocycles. The summed E-state index contributed by atoms with van der Waals surface area (Å²) >= 11 is 0. The van der Waals surface area contributed by atoms with E-state index < -0.39 is 18.0 Å². The molecule has 0 aromatic carbocycles. The van der Waals surface area contributed by atoms with Crippen LogP contribution in [-0.4, -0.2) is 48.8 Å². The van der Waals surface area contributed by atoms with Crippen molar-refractivity contribution in [3.8, 4) is 0 Å². The SMILES string of the molecule is CCCCCCCC/C=C\CCCCCCCC(=O)NCCOC(=O)CCC(=O)OC(C)CO. The fourth-order valence-electron chi connectivity index (χ4n) is 3.40. The Bertz CT molecular complexity index is 549. The Hall–Kier alpha value is -1.89. The quantitative estimate of drug-likeness (QED) is 0.115. The number of aliphatic hydroxyl groups excluding tert-OH is 1. The van der Waals surface area contributed by atoms with Crippen LogP contribution in [0.4, 0.5) is 0 Å². The van der Waals surface area contributed by atoms with Gasteiger partial charge in [0.1, 0.15) is 12.7 Å². The van der Waals surface area contributed by atoms with E-state index in [0.717, 1.165) is 25.7 Å². The summed E-state index contributed by atoms with van der Waals surface area (Å²) in [6, 6.07) is 0. The van der Waals surface area contributed by atoms with E-state index in [1.165, 1.54) is 57.8 Å². The third kappa shape index (κ3) is 23.3.